The minimum absolute atomic E-state index is 0.0703. The number of nitrogens with one attached hydrogen (secondary N) is 1. The van der Waals surface area contributed by atoms with Crippen LogP contribution < -0.4 is 5.32 Å². The Morgan fingerprint density at radius 2 is 2.26 bits per heavy atom. The summed E-state index contributed by atoms with van der Waals surface area (Å²) < 4.78 is 4.87. The standard InChI is InChI=1S/C13H17NO4S/c1-13(7-18-2,12(16)17)14-11(15)10-6-8-4-3-5-9(8)19-10/h6H,3-5,7H2,1-2H3,(H,14,15)(H,16,17). The summed E-state index contributed by atoms with van der Waals surface area (Å²) in [4.78, 5) is 25.2. The second-order valence-corrected chi connectivity index (χ2v) is 6.07. The maximum Gasteiger partial charge on any atom is 0.331 e. The van der Waals surface area contributed by atoms with Crippen LogP contribution in [0.4, 0.5) is 0 Å². The topological polar surface area (TPSA) is 75.6 Å². The zero-order chi connectivity index (χ0) is 14.0. The number of carbonyl (C=O) groups excluding carboxylic acids is 1. The summed E-state index contributed by atoms with van der Waals surface area (Å²) in [5.74, 6) is -1.45. The van der Waals surface area contributed by atoms with Crippen LogP contribution in [-0.2, 0) is 22.4 Å². The van der Waals surface area contributed by atoms with Gasteiger partial charge in [0.2, 0.25) is 0 Å². The first-order valence-electron chi connectivity index (χ1n) is 6.13. The number of hydrogen-bond acceptors (Lipinski definition) is 4. The maximum absolute atomic E-state index is 12.1. The zero-order valence-electron chi connectivity index (χ0n) is 11.0. The quantitative estimate of drug-likeness (QED) is 0.857. The number of carboxylic acid groups (broad SMARTS) is 1. The monoisotopic (exact) mass is 283 g/mol. The Morgan fingerprint density at radius 3 is 2.84 bits per heavy atom. The van der Waals surface area contributed by atoms with E-state index >= 15 is 0 Å². The number of rotatable bonds is 5. The molecule has 5 nitrogen and oxygen atoms in total. The van der Waals surface area contributed by atoms with Gasteiger partial charge in [0.1, 0.15) is 0 Å². The Balaban J connectivity index is 2.12. The molecule has 1 aromatic rings. The minimum atomic E-state index is -1.40. The first-order valence-corrected chi connectivity index (χ1v) is 6.94. The van der Waals surface area contributed by atoms with Gasteiger partial charge in [-0.2, -0.15) is 0 Å². The van der Waals surface area contributed by atoms with Crippen molar-refractivity contribution < 1.29 is 19.4 Å². The third-order valence-corrected chi connectivity index (χ3v) is 4.50. The number of thiophene rings is 1. The molecule has 1 atom stereocenters. The Kier molecular flexibility index (Phi) is 3.91. The van der Waals surface area contributed by atoms with Crippen LogP contribution in [0.3, 0.4) is 0 Å². The molecule has 1 aromatic heterocycles. The molecular weight excluding hydrogens is 266 g/mol. The van der Waals surface area contributed by atoms with Crippen LogP contribution in [0.5, 0.6) is 0 Å². The number of fused-ring (bicyclic) bond motifs is 1. The molecule has 2 N–H and O–H groups in total. The molecule has 0 aliphatic heterocycles. The van der Waals surface area contributed by atoms with Crippen molar-refractivity contribution in [2.45, 2.75) is 31.7 Å². The molecule has 6 heteroatoms. The highest BCUT2D eigenvalue weighted by molar-refractivity contribution is 7.14. The number of methoxy groups -OCH3 is 1. The van der Waals surface area contributed by atoms with E-state index < -0.39 is 11.5 Å². The van der Waals surface area contributed by atoms with Gasteiger partial charge in [-0.05, 0) is 37.8 Å². The molecule has 0 fully saturated rings. The number of hydrogen-bond donors (Lipinski definition) is 2. The van der Waals surface area contributed by atoms with Crippen LogP contribution in [0.2, 0.25) is 0 Å². The lowest BCUT2D eigenvalue weighted by molar-refractivity contribution is -0.145. The van der Waals surface area contributed by atoms with Crippen molar-refractivity contribution in [2.24, 2.45) is 0 Å². The van der Waals surface area contributed by atoms with Crippen molar-refractivity contribution in [1.29, 1.82) is 0 Å². The molecule has 0 bridgehead atoms. The van der Waals surface area contributed by atoms with Crippen molar-refractivity contribution in [1.82, 2.24) is 5.32 Å². The van der Waals surface area contributed by atoms with Crippen molar-refractivity contribution in [3.8, 4) is 0 Å². The van der Waals surface area contributed by atoms with E-state index in [2.05, 4.69) is 5.32 Å². The summed E-state index contributed by atoms with van der Waals surface area (Å²) in [6, 6.07) is 1.87. The number of ether oxygens (including phenoxy) is 1. The van der Waals surface area contributed by atoms with E-state index in [1.165, 1.54) is 35.8 Å². The van der Waals surface area contributed by atoms with Crippen LogP contribution in [0.15, 0.2) is 6.07 Å². The van der Waals surface area contributed by atoms with Gasteiger partial charge in [-0.1, -0.05) is 0 Å². The summed E-state index contributed by atoms with van der Waals surface area (Å²) in [6.07, 6.45) is 3.16. The van der Waals surface area contributed by atoms with Gasteiger partial charge in [0.05, 0.1) is 11.5 Å². The highest BCUT2D eigenvalue weighted by Crippen LogP contribution is 2.30. The van der Waals surface area contributed by atoms with Gasteiger partial charge in [0.15, 0.2) is 5.54 Å². The summed E-state index contributed by atoms with van der Waals surface area (Å²) in [5, 5.41) is 11.7. The van der Waals surface area contributed by atoms with E-state index in [1.54, 1.807) is 0 Å². The number of aliphatic carboxylic acids is 1. The average Bonchev–Trinajstić information content (AvgIpc) is 2.88. The van der Waals surface area contributed by atoms with Crippen LogP contribution >= 0.6 is 11.3 Å². The van der Waals surface area contributed by atoms with Gasteiger partial charge in [-0.15, -0.1) is 11.3 Å². The summed E-state index contributed by atoms with van der Waals surface area (Å²) in [5.41, 5.74) is -0.181. The minimum Gasteiger partial charge on any atom is -0.479 e. The van der Waals surface area contributed by atoms with E-state index in [0.717, 1.165) is 19.3 Å². The molecule has 19 heavy (non-hydrogen) atoms. The molecule has 0 aromatic carbocycles. The maximum atomic E-state index is 12.1. The number of aryl methyl sites for hydroxylation is 2. The Hall–Kier alpha value is -1.40. The van der Waals surface area contributed by atoms with Crippen molar-refractivity contribution in [3.63, 3.8) is 0 Å². The molecule has 1 aliphatic carbocycles. The van der Waals surface area contributed by atoms with Gasteiger partial charge in [0, 0.05) is 12.0 Å². The fourth-order valence-electron chi connectivity index (χ4n) is 2.19. The average molecular weight is 283 g/mol. The molecule has 0 saturated carbocycles. The third-order valence-electron chi connectivity index (χ3n) is 3.26. The lowest BCUT2D eigenvalue weighted by Crippen LogP contribution is -2.55. The van der Waals surface area contributed by atoms with Crippen molar-refractivity contribution >= 4 is 23.2 Å². The van der Waals surface area contributed by atoms with Crippen LogP contribution in [0, 0.1) is 0 Å². The smallest absolute Gasteiger partial charge is 0.331 e. The van der Waals surface area contributed by atoms with Crippen LogP contribution in [0.1, 0.15) is 33.5 Å². The summed E-state index contributed by atoms with van der Waals surface area (Å²) in [6.45, 7) is 1.37. The molecule has 1 heterocycles. The third kappa shape index (κ3) is 2.79. The van der Waals surface area contributed by atoms with Crippen molar-refractivity contribution in [3.05, 3.63) is 21.4 Å². The zero-order valence-corrected chi connectivity index (χ0v) is 11.8. The van der Waals surface area contributed by atoms with Crippen molar-refractivity contribution in [2.75, 3.05) is 13.7 Å². The molecule has 104 valence electrons. The molecule has 0 radical (unpaired) electrons. The van der Waals surface area contributed by atoms with Gasteiger partial charge in [-0.3, -0.25) is 4.79 Å². The van der Waals surface area contributed by atoms with E-state index in [9.17, 15) is 14.7 Å². The molecule has 0 saturated heterocycles. The van der Waals surface area contributed by atoms with E-state index in [-0.39, 0.29) is 12.5 Å². The van der Waals surface area contributed by atoms with E-state index in [0.29, 0.717) is 4.88 Å². The van der Waals surface area contributed by atoms with E-state index in [4.69, 9.17) is 4.74 Å². The lowest BCUT2D eigenvalue weighted by atomic mass is 10.0. The molecule has 1 aliphatic rings. The van der Waals surface area contributed by atoms with Gasteiger partial charge < -0.3 is 15.2 Å². The molecule has 1 amide bonds. The highest BCUT2D eigenvalue weighted by Gasteiger charge is 2.35. The molecule has 2 rings (SSSR count). The molecule has 1 unspecified atom stereocenters. The highest BCUT2D eigenvalue weighted by atomic mass is 32.1. The fraction of sp³-hybridized carbons (Fsp3) is 0.538. The number of carbonyl (C=O) groups is 2. The van der Waals surface area contributed by atoms with Gasteiger partial charge in [0.25, 0.3) is 5.91 Å². The second-order valence-electron chi connectivity index (χ2n) is 4.94. The van der Waals surface area contributed by atoms with Crippen LogP contribution in [-0.4, -0.2) is 36.2 Å². The summed E-state index contributed by atoms with van der Waals surface area (Å²) >= 11 is 1.45. The largest absolute Gasteiger partial charge is 0.479 e. The fourth-order valence-corrected chi connectivity index (χ4v) is 3.34. The molecule has 0 spiro atoms. The summed E-state index contributed by atoms with van der Waals surface area (Å²) in [7, 11) is 1.41. The SMILES string of the molecule is COCC(C)(NC(=O)c1cc2c(s1)CCC2)C(=O)O. The first-order chi connectivity index (χ1) is 8.96. The predicted octanol–water partition coefficient (Wildman–Crippen LogP) is 1.46. The lowest BCUT2D eigenvalue weighted by Gasteiger charge is -2.24. The normalized spacial score (nSPS) is 16.7. The molecular formula is C13H17NO4S. The van der Waals surface area contributed by atoms with Gasteiger partial charge >= 0.3 is 5.97 Å². The Labute approximate surface area is 115 Å². The Morgan fingerprint density at radius 1 is 1.53 bits per heavy atom. The Bertz CT molecular complexity index is 489. The second kappa shape index (κ2) is 5.30. The van der Waals surface area contributed by atoms with Gasteiger partial charge in [-0.25, -0.2) is 4.79 Å². The van der Waals surface area contributed by atoms with E-state index in [1.807, 2.05) is 6.07 Å². The van der Waals surface area contributed by atoms with Crippen LogP contribution in [0.25, 0.3) is 0 Å². The predicted molar refractivity (Wildman–Crippen MR) is 71.7 cm³/mol. The number of carboxylic acids is 1. The number of amides is 1. The first kappa shape index (κ1) is 14.0.